The van der Waals surface area contributed by atoms with E-state index in [1.54, 1.807) is 23.5 Å². The average Bonchev–Trinajstić information content (AvgIpc) is 4.02. The molecule has 0 aromatic carbocycles. The highest BCUT2D eigenvalue weighted by Crippen LogP contribution is 2.52. The maximum Gasteiger partial charge on any atom is 0.233 e. The van der Waals surface area contributed by atoms with Crippen LogP contribution in [-0.4, -0.2) is 143 Å². The highest BCUT2D eigenvalue weighted by atomic mass is 35.5. The molecule has 0 N–H and O–H groups in total. The minimum Gasteiger partial charge on any atom is -0.353 e. The molecule has 2 amide bonds. The van der Waals surface area contributed by atoms with E-state index >= 15 is 0 Å². The molecule has 8 unspecified atom stereocenters. The smallest absolute Gasteiger partial charge is 0.233 e. The number of rotatable bonds is 12. The van der Waals surface area contributed by atoms with E-state index in [-0.39, 0.29) is 23.7 Å². The van der Waals surface area contributed by atoms with E-state index in [2.05, 4.69) is 56.6 Å². The van der Waals surface area contributed by atoms with E-state index < -0.39 is 0 Å². The van der Waals surface area contributed by atoms with Gasteiger partial charge in [0.05, 0.1) is 36.6 Å². The number of piperazine rings is 2. The number of anilines is 2. The molecule has 4 aliphatic carbocycles. The summed E-state index contributed by atoms with van der Waals surface area (Å²) in [6.45, 7) is 14.8. The number of hydrogen-bond acceptors (Lipinski definition) is 11. The van der Waals surface area contributed by atoms with Gasteiger partial charge in [0, 0.05) is 72.0 Å². The van der Waals surface area contributed by atoms with Gasteiger partial charge in [-0.1, -0.05) is 48.2 Å². The van der Waals surface area contributed by atoms with Crippen LogP contribution < -0.4 is 9.80 Å². The summed E-state index contributed by atoms with van der Waals surface area (Å²) < 4.78 is 0. The molecular formula is C45H64Cl2N10O2. The fraction of sp³-hybridized carbons (Fsp3) is 0.733. The molecule has 4 saturated heterocycles. The minimum atomic E-state index is -0.00998. The van der Waals surface area contributed by atoms with Gasteiger partial charge in [-0.3, -0.25) is 34.3 Å². The Kier molecular flexibility index (Phi) is 13.4. The lowest BCUT2D eigenvalue weighted by Gasteiger charge is -2.39. The Hall–Kier alpha value is -2.90. The summed E-state index contributed by atoms with van der Waals surface area (Å²) in [6, 6.07) is 0. The number of hydrogen-bond donors (Lipinski definition) is 0. The van der Waals surface area contributed by atoms with Gasteiger partial charge in [-0.05, 0) is 113 Å². The van der Waals surface area contributed by atoms with Crippen molar-refractivity contribution in [3.8, 4) is 0 Å². The van der Waals surface area contributed by atoms with E-state index in [9.17, 15) is 9.59 Å². The van der Waals surface area contributed by atoms with Crippen molar-refractivity contribution in [2.75, 3.05) is 101 Å². The first-order chi connectivity index (χ1) is 28.9. The Morgan fingerprint density at radius 3 is 1.44 bits per heavy atom. The summed E-state index contributed by atoms with van der Waals surface area (Å²) in [7, 11) is 0. The molecule has 8 atom stereocenters. The average molecular weight is 848 g/mol. The number of allylic oxidation sites excluding steroid dienone is 2. The monoisotopic (exact) mass is 846 g/mol. The maximum absolute atomic E-state index is 13.2. The molecule has 4 aliphatic heterocycles. The van der Waals surface area contributed by atoms with Crippen LogP contribution in [0.5, 0.6) is 0 Å². The summed E-state index contributed by atoms with van der Waals surface area (Å²) in [5.41, 5.74) is 0. The van der Waals surface area contributed by atoms with Crippen molar-refractivity contribution in [3.63, 3.8) is 0 Å². The van der Waals surface area contributed by atoms with Gasteiger partial charge in [-0.25, -0.2) is 9.97 Å². The number of likely N-dealkylation sites (tertiary alicyclic amines) is 2. The van der Waals surface area contributed by atoms with Gasteiger partial charge in [-0.2, -0.15) is 0 Å². The second-order valence-corrected chi connectivity index (χ2v) is 19.5. The molecule has 2 aromatic rings. The summed E-state index contributed by atoms with van der Waals surface area (Å²) in [5, 5.41) is 0.903. The second-order valence-electron chi connectivity index (χ2n) is 18.8. The molecule has 3 saturated carbocycles. The normalized spacial score (nSPS) is 32.0. The van der Waals surface area contributed by atoms with Gasteiger partial charge in [0.25, 0.3) is 0 Å². The van der Waals surface area contributed by atoms with Crippen molar-refractivity contribution in [1.29, 1.82) is 0 Å². The van der Waals surface area contributed by atoms with Gasteiger partial charge in [-0.15, -0.1) is 0 Å². The number of halogens is 2. The van der Waals surface area contributed by atoms with E-state index in [1.165, 1.54) is 58.3 Å². The minimum absolute atomic E-state index is 0.00998. The van der Waals surface area contributed by atoms with Crippen LogP contribution in [0.15, 0.2) is 36.9 Å². The Bertz CT molecular complexity index is 1730. The van der Waals surface area contributed by atoms with E-state index in [4.69, 9.17) is 23.2 Å². The first-order valence-electron chi connectivity index (χ1n) is 23.0. The second kappa shape index (κ2) is 19.0. The Morgan fingerprint density at radius 2 is 0.983 bits per heavy atom. The number of aromatic nitrogens is 4. The SMILES string of the molecule is Clc1cncc(N2CCN(CCCCN3CC4C5C=CC(C5)C4C3)CC2)n1.O=C1C2C3CCCCC(CC3)C2C(=O)N1CCCCN1CCN(c2cncc(Cl)n2)CC1. The Morgan fingerprint density at radius 1 is 0.542 bits per heavy atom. The molecule has 0 radical (unpaired) electrons. The third-order valence-electron chi connectivity index (χ3n) is 15.4. The summed E-state index contributed by atoms with van der Waals surface area (Å²) in [4.78, 5) is 57.3. The Balaban J connectivity index is 0.000000154. The molecule has 14 heteroatoms. The largest absolute Gasteiger partial charge is 0.353 e. The van der Waals surface area contributed by atoms with Gasteiger partial charge in [0.1, 0.15) is 21.9 Å². The van der Waals surface area contributed by atoms with Crippen molar-refractivity contribution in [2.45, 2.75) is 70.6 Å². The van der Waals surface area contributed by atoms with E-state index in [0.29, 0.717) is 28.7 Å². The predicted octanol–water partition coefficient (Wildman–Crippen LogP) is 6.02. The van der Waals surface area contributed by atoms with Crippen molar-refractivity contribution < 1.29 is 9.59 Å². The molecule has 7 fully saturated rings. The van der Waals surface area contributed by atoms with Gasteiger partial charge in [0.2, 0.25) is 11.8 Å². The van der Waals surface area contributed by atoms with Crippen LogP contribution in [0.2, 0.25) is 10.3 Å². The zero-order chi connectivity index (χ0) is 40.3. The molecule has 4 bridgehead atoms. The number of imide groups is 1. The number of nitrogens with zero attached hydrogens (tertiary/aromatic N) is 10. The van der Waals surface area contributed by atoms with Crippen LogP contribution in [0.3, 0.4) is 0 Å². The highest BCUT2D eigenvalue weighted by molar-refractivity contribution is 6.29. The van der Waals surface area contributed by atoms with Crippen molar-refractivity contribution >= 4 is 46.7 Å². The van der Waals surface area contributed by atoms with Gasteiger partial charge >= 0.3 is 0 Å². The number of unbranched alkanes of at least 4 members (excludes halogenated alkanes) is 2. The topological polar surface area (TPSA) is 105 Å². The van der Waals surface area contributed by atoms with Crippen molar-refractivity contribution in [1.82, 2.24) is 39.5 Å². The van der Waals surface area contributed by atoms with Crippen LogP contribution in [0.1, 0.15) is 70.6 Å². The van der Waals surface area contributed by atoms with Crippen LogP contribution >= 0.6 is 23.2 Å². The molecule has 12 nitrogen and oxygen atoms in total. The molecule has 320 valence electrons. The van der Waals surface area contributed by atoms with Crippen LogP contribution in [0, 0.1) is 47.3 Å². The van der Waals surface area contributed by atoms with Crippen LogP contribution in [0.4, 0.5) is 11.6 Å². The third-order valence-corrected chi connectivity index (χ3v) is 15.8. The molecule has 2 aromatic heterocycles. The molecular weight excluding hydrogens is 783 g/mol. The molecule has 10 rings (SSSR count). The fourth-order valence-corrected chi connectivity index (χ4v) is 12.6. The van der Waals surface area contributed by atoms with Gasteiger partial charge < -0.3 is 14.7 Å². The fourth-order valence-electron chi connectivity index (χ4n) is 12.3. The van der Waals surface area contributed by atoms with Crippen molar-refractivity contribution in [2.24, 2.45) is 47.3 Å². The first-order valence-corrected chi connectivity index (χ1v) is 23.8. The Labute approximate surface area is 361 Å². The predicted molar refractivity (Wildman–Crippen MR) is 232 cm³/mol. The zero-order valence-corrected chi connectivity index (χ0v) is 36.3. The first kappa shape index (κ1) is 41.5. The van der Waals surface area contributed by atoms with Gasteiger partial charge in [0.15, 0.2) is 0 Å². The molecule has 59 heavy (non-hydrogen) atoms. The number of carbonyl (C=O) groups is 2. The third kappa shape index (κ3) is 9.47. The quantitative estimate of drug-likeness (QED) is 0.142. The lowest BCUT2D eigenvalue weighted by Crippen LogP contribution is -2.47. The van der Waals surface area contributed by atoms with Crippen LogP contribution in [0.25, 0.3) is 0 Å². The summed E-state index contributed by atoms with van der Waals surface area (Å²) in [5.74, 6) is 6.67. The maximum atomic E-state index is 13.2. The molecule has 8 aliphatic rings. The van der Waals surface area contributed by atoms with Crippen LogP contribution in [-0.2, 0) is 9.59 Å². The lowest BCUT2D eigenvalue weighted by molar-refractivity contribution is -0.140. The highest BCUT2D eigenvalue weighted by Gasteiger charge is 2.55. The van der Waals surface area contributed by atoms with E-state index in [0.717, 1.165) is 133 Å². The number of carbonyl (C=O) groups excluding carboxylic acids is 2. The summed E-state index contributed by atoms with van der Waals surface area (Å²) in [6.07, 6.45) is 24.7. The lowest BCUT2D eigenvalue weighted by atomic mass is 9.63. The number of fused-ring (bicyclic) bond motifs is 5. The molecule has 6 heterocycles. The standard InChI is InChI=1S/C24H34ClN5O2.C21H30ClN5/c25-19-15-26-16-20(27-19)29-13-11-28(12-14-29)9-3-4-10-30-23(31)21-17-5-1-2-6-18(8-7-17)22(21)24(30)32;22-20-12-23-13-21(24-20)27-9-7-25(8-10-27)5-1-2-6-26-14-18-16-3-4-17(11-16)19(18)15-26/h15-18,21-22H,1-14H2;3-4,12-13,16-19H,1-2,5-11,14-15H2. The number of amides is 2. The zero-order valence-electron chi connectivity index (χ0n) is 34.8. The molecule has 0 spiro atoms. The van der Waals surface area contributed by atoms with E-state index in [1.807, 2.05) is 6.20 Å². The van der Waals surface area contributed by atoms with Crippen molar-refractivity contribution in [3.05, 3.63) is 47.2 Å². The summed E-state index contributed by atoms with van der Waals surface area (Å²) >= 11 is 11.9.